The summed E-state index contributed by atoms with van der Waals surface area (Å²) < 4.78 is 0. The van der Waals surface area contributed by atoms with Gasteiger partial charge in [0.2, 0.25) is 5.91 Å². The van der Waals surface area contributed by atoms with Crippen LogP contribution < -0.4 is 10.6 Å². The molecule has 2 N–H and O–H groups in total. The third-order valence-electron chi connectivity index (χ3n) is 4.59. The van der Waals surface area contributed by atoms with Crippen molar-refractivity contribution in [2.75, 3.05) is 25.5 Å². The van der Waals surface area contributed by atoms with Crippen molar-refractivity contribution in [3.63, 3.8) is 0 Å². The van der Waals surface area contributed by atoms with Crippen LogP contribution in [0.3, 0.4) is 0 Å². The van der Waals surface area contributed by atoms with Crippen molar-refractivity contribution in [1.29, 1.82) is 0 Å². The Balaban J connectivity index is 1.58. The third-order valence-corrected chi connectivity index (χ3v) is 5.78. The van der Waals surface area contributed by atoms with Crippen molar-refractivity contribution < 1.29 is 14.4 Å². The van der Waals surface area contributed by atoms with Gasteiger partial charge in [0.15, 0.2) is 0 Å². The number of nitrogens with one attached hydrogen (secondary N) is 2. The molecule has 1 aromatic heterocycles. The van der Waals surface area contributed by atoms with Gasteiger partial charge in [-0.3, -0.25) is 14.4 Å². The topological polar surface area (TPSA) is 78.5 Å². The zero-order chi connectivity index (χ0) is 19.4. The van der Waals surface area contributed by atoms with E-state index in [0.29, 0.717) is 42.2 Å². The van der Waals surface area contributed by atoms with Gasteiger partial charge in [0.05, 0.1) is 15.5 Å². The summed E-state index contributed by atoms with van der Waals surface area (Å²) in [6.07, 6.45) is 1.22. The number of likely N-dealkylation sites (tertiary alicyclic amines) is 1. The Morgan fingerprint density at radius 2 is 1.93 bits per heavy atom. The van der Waals surface area contributed by atoms with E-state index < -0.39 is 0 Å². The average molecular weight is 406 g/mol. The van der Waals surface area contributed by atoms with E-state index in [0.717, 1.165) is 4.88 Å². The van der Waals surface area contributed by atoms with Crippen LogP contribution in [0.15, 0.2) is 35.7 Å². The van der Waals surface area contributed by atoms with Crippen LogP contribution in [0.5, 0.6) is 0 Å². The number of benzene rings is 1. The number of thiophene rings is 1. The van der Waals surface area contributed by atoms with Crippen LogP contribution in [0.25, 0.3) is 0 Å². The van der Waals surface area contributed by atoms with Crippen LogP contribution in [0.4, 0.5) is 5.69 Å². The van der Waals surface area contributed by atoms with E-state index in [4.69, 9.17) is 11.6 Å². The Morgan fingerprint density at radius 3 is 2.56 bits per heavy atom. The predicted molar refractivity (Wildman–Crippen MR) is 106 cm³/mol. The highest BCUT2D eigenvalue weighted by Crippen LogP contribution is 2.24. The van der Waals surface area contributed by atoms with Crippen molar-refractivity contribution in [3.05, 3.63) is 51.2 Å². The molecule has 0 aliphatic carbocycles. The van der Waals surface area contributed by atoms with Crippen LogP contribution in [0, 0.1) is 5.92 Å². The molecule has 3 rings (SSSR count). The standard InChI is InChI=1S/C19H20ClN3O3S/c1-21-18(25)14-11-13(4-5-15(14)20)22-17(24)12-6-8-23(9-7-12)19(26)16-3-2-10-27-16/h2-5,10-12H,6-9H2,1H3,(H,21,25)(H,22,24). The molecule has 0 spiro atoms. The molecule has 1 saturated heterocycles. The van der Waals surface area contributed by atoms with Gasteiger partial charge >= 0.3 is 0 Å². The van der Waals surface area contributed by atoms with E-state index in [1.54, 1.807) is 23.1 Å². The predicted octanol–water partition coefficient (Wildman–Crippen LogP) is 3.25. The molecule has 142 valence electrons. The fraction of sp³-hybridized carbons (Fsp3) is 0.316. The SMILES string of the molecule is CNC(=O)c1cc(NC(=O)C2CCN(C(=O)c3cccs3)CC2)ccc1Cl. The molecule has 2 aromatic rings. The lowest BCUT2D eigenvalue weighted by Crippen LogP contribution is -2.41. The fourth-order valence-electron chi connectivity index (χ4n) is 3.06. The van der Waals surface area contributed by atoms with E-state index in [9.17, 15) is 14.4 Å². The number of rotatable bonds is 4. The number of halogens is 1. The highest BCUT2D eigenvalue weighted by molar-refractivity contribution is 7.12. The number of hydrogen-bond acceptors (Lipinski definition) is 4. The minimum atomic E-state index is -0.309. The van der Waals surface area contributed by atoms with Gasteiger partial charge in [-0.05, 0) is 42.5 Å². The summed E-state index contributed by atoms with van der Waals surface area (Å²) in [6.45, 7) is 1.11. The summed E-state index contributed by atoms with van der Waals surface area (Å²) in [6, 6.07) is 8.49. The number of carbonyl (C=O) groups excluding carboxylic acids is 3. The van der Waals surface area contributed by atoms with Crippen molar-refractivity contribution in [3.8, 4) is 0 Å². The van der Waals surface area contributed by atoms with Gasteiger partial charge in [0.1, 0.15) is 0 Å². The monoisotopic (exact) mass is 405 g/mol. The Morgan fingerprint density at radius 1 is 1.19 bits per heavy atom. The largest absolute Gasteiger partial charge is 0.355 e. The molecule has 1 aromatic carbocycles. The number of anilines is 1. The molecule has 1 aliphatic heterocycles. The van der Waals surface area contributed by atoms with Crippen molar-refractivity contribution in [1.82, 2.24) is 10.2 Å². The first-order valence-corrected chi connectivity index (χ1v) is 9.90. The van der Waals surface area contributed by atoms with Gasteiger partial charge in [0, 0.05) is 31.7 Å². The maximum absolute atomic E-state index is 12.6. The number of amides is 3. The molecular weight excluding hydrogens is 386 g/mol. The fourth-order valence-corrected chi connectivity index (χ4v) is 3.95. The van der Waals surface area contributed by atoms with Gasteiger partial charge in [-0.15, -0.1) is 11.3 Å². The Hall–Kier alpha value is -2.38. The van der Waals surface area contributed by atoms with Crippen LogP contribution in [-0.4, -0.2) is 42.8 Å². The number of hydrogen-bond donors (Lipinski definition) is 2. The van der Waals surface area contributed by atoms with Crippen molar-refractivity contribution in [2.24, 2.45) is 5.92 Å². The average Bonchev–Trinajstić information content (AvgIpc) is 3.23. The molecule has 1 fully saturated rings. The molecule has 3 amide bonds. The molecule has 2 heterocycles. The molecule has 6 nitrogen and oxygen atoms in total. The van der Waals surface area contributed by atoms with Gasteiger partial charge in [0.25, 0.3) is 11.8 Å². The highest BCUT2D eigenvalue weighted by atomic mass is 35.5. The maximum Gasteiger partial charge on any atom is 0.263 e. The second-order valence-corrected chi connectivity index (χ2v) is 7.66. The molecule has 0 radical (unpaired) electrons. The lowest BCUT2D eigenvalue weighted by atomic mass is 9.95. The minimum Gasteiger partial charge on any atom is -0.355 e. The molecule has 0 saturated carbocycles. The normalized spacial score (nSPS) is 14.7. The van der Waals surface area contributed by atoms with Gasteiger partial charge < -0.3 is 15.5 Å². The number of carbonyl (C=O) groups is 3. The first kappa shape index (κ1) is 19.4. The van der Waals surface area contributed by atoms with Crippen LogP contribution in [-0.2, 0) is 4.79 Å². The maximum atomic E-state index is 12.6. The number of piperidine rings is 1. The molecule has 8 heteroatoms. The van der Waals surface area contributed by atoms with Crippen LogP contribution >= 0.6 is 22.9 Å². The Labute approximate surface area is 166 Å². The minimum absolute atomic E-state index is 0.0248. The summed E-state index contributed by atoms with van der Waals surface area (Å²) in [5, 5.41) is 7.58. The molecule has 0 unspecified atom stereocenters. The highest BCUT2D eigenvalue weighted by Gasteiger charge is 2.28. The summed E-state index contributed by atoms with van der Waals surface area (Å²) in [7, 11) is 1.52. The first-order chi connectivity index (χ1) is 13.0. The zero-order valence-corrected chi connectivity index (χ0v) is 16.4. The first-order valence-electron chi connectivity index (χ1n) is 8.65. The third kappa shape index (κ3) is 4.48. The molecular formula is C19H20ClN3O3S. The van der Waals surface area contributed by atoms with E-state index in [-0.39, 0.29) is 23.6 Å². The molecule has 0 atom stereocenters. The van der Waals surface area contributed by atoms with E-state index >= 15 is 0 Å². The van der Waals surface area contributed by atoms with E-state index in [1.807, 2.05) is 17.5 Å². The van der Waals surface area contributed by atoms with Gasteiger partial charge in [-0.2, -0.15) is 0 Å². The smallest absolute Gasteiger partial charge is 0.263 e. The summed E-state index contributed by atoms with van der Waals surface area (Å²) >= 11 is 7.46. The van der Waals surface area contributed by atoms with Gasteiger partial charge in [-0.1, -0.05) is 17.7 Å². The lowest BCUT2D eigenvalue weighted by Gasteiger charge is -2.31. The second-order valence-electron chi connectivity index (χ2n) is 6.31. The quantitative estimate of drug-likeness (QED) is 0.819. The summed E-state index contributed by atoms with van der Waals surface area (Å²) in [4.78, 5) is 39.3. The van der Waals surface area contributed by atoms with Gasteiger partial charge in [-0.25, -0.2) is 0 Å². The summed E-state index contributed by atoms with van der Waals surface area (Å²) in [5.74, 6) is -0.562. The van der Waals surface area contributed by atoms with Crippen LogP contribution in [0.2, 0.25) is 5.02 Å². The molecule has 0 bridgehead atoms. The van der Waals surface area contributed by atoms with Crippen molar-refractivity contribution >= 4 is 46.3 Å². The number of nitrogens with zero attached hydrogens (tertiary/aromatic N) is 1. The Kier molecular flexibility index (Phi) is 6.13. The van der Waals surface area contributed by atoms with E-state index in [1.165, 1.54) is 18.4 Å². The van der Waals surface area contributed by atoms with Crippen LogP contribution in [0.1, 0.15) is 32.9 Å². The summed E-state index contributed by atoms with van der Waals surface area (Å²) in [5.41, 5.74) is 0.841. The zero-order valence-electron chi connectivity index (χ0n) is 14.8. The molecule has 1 aliphatic rings. The second kappa shape index (κ2) is 8.54. The van der Waals surface area contributed by atoms with Crippen molar-refractivity contribution in [2.45, 2.75) is 12.8 Å². The molecule has 27 heavy (non-hydrogen) atoms. The lowest BCUT2D eigenvalue weighted by molar-refractivity contribution is -0.121. The van der Waals surface area contributed by atoms with E-state index in [2.05, 4.69) is 10.6 Å². The Bertz CT molecular complexity index is 846.